The van der Waals surface area contributed by atoms with Gasteiger partial charge < -0.3 is 5.11 Å². The monoisotopic (exact) mass is 280 g/mol. The van der Waals surface area contributed by atoms with Crippen LogP contribution in [0.25, 0.3) is 10.2 Å². The van der Waals surface area contributed by atoms with Crippen LogP contribution in [-0.4, -0.2) is 21.3 Å². The molecule has 0 amide bonds. The van der Waals surface area contributed by atoms with Crippen molar-refractivity contribution in [1.29, 1.82) is 0 Å². The van der Waals surface area contributed by atoms with E-state index in [9.17, 15) is 9.90 Å². The Kier molecular flexibility index (Phi) is 4.06. The van der Waals surface area contributed by atoms with E-state index in [1.165, 1.54) is 0 Å². The molecule has 2 aromatic rings. The average Bonchev–Trinajstić information content (AvgIpc) is 2.64. The first-order valence-corrected chi connectivity index (χ1v) is 7.35. The van der Waals surface area contributed by atoms with Crippen LogP contribution >= 0.6 is 11.3 Å². The molecule has 0 radical (unpaired) electrons. The third-order valence-electron chi connectivity index (χ3n) is 3.46. The Morgan fingerprint density at radius 1 is 1.42 bits per heavy atom. The summed E-state index contributed by atoms with van der Waals surface area (Å²) in [6, 6.07) is -0.191. The highest BCUT2D eigenvalue weighted by Gasteiger charge is 2.18. The molecule has 1 N–H and O–H groups in total. The van der Waals surface area contributed by atoms with Gasteiger partial charge in [-0.3, -0.25) is 9.36 Å². The Balaban J connectivity index is 2.58. The Bertz CT molecular complexity index is 643. The maximum absolute atomic E-state index is 12.6. The summed E-state index contributed by atoms with van der Waals surface area (Å²) in [4.78, 5) is 18.8. The molecule has 19 heavy (non-hydrogen) atoms. The normalized spacial score (nSPS) is 13.4. The van der Waals surface area contributed by atoms with Crippen LogP contribution in [0.5, 0.6) is 0 Å². The molecule has 1 atom stereocenters. The van der Waals surface area contributed by atoms with Crippen molar-refractivity contribution in [1.82, 2.24) is 9.55 Å². The standard InChI is InChI=1S/C14H20N2O2S/c1-8(2)5-11(6-17)16-7-15-13-12(14(16)18)9(3)10(4)19-13/h7-8,11,17H,5-6H2,1-4H3. The van der Waals surface area contributed by atoms with Crippen LogP contribution < -0.4 is 5.56 Å². The van der Waals surface area contributed by atoms with Gasteiger partial charge in [-0.1, -0.05) is 13.8 Å². The molecule has 0 saturated carbocycles. The predicted octanol–water partition coefficient (Wildman–Crippen LogP) is 2.65. The second-order valence-corrected chi connectivity index (χ2v) is 6.59. The molecule has 1 unspecified atom stereocenters. The topological polar surface area (TPSA) is 55.1 Å². The molecule has 5 heteroatoms. The smallest absolute Gasteiger partial charge is 0.262 e. The van der Waals surface area contributed by atoms with Crippen molar-refractivity contribution >= 4 is 21.6 Å². The predicted molar refractivity (Wildman–Crippen MR) is 78.9 cm³/mol. The van der Waals surface area contributed by atoms with E-state index in [1.807, 2.05) is 13.8 Å². The number of fused-ring (bicyclic) bond motifs is 1. The fourth-order valence-corrected chi connectivity index (χ4v) is 3.32. The fourth-order valence-electron chi connectivity index (χ4n) is 2.33. The van der Waals surface area contributed by atoms with Crippen molar-refractivity contribution in [3.05, 3.63) is 27.1 Å². The van der Waals surface area contributed by atoms with Gasteiger partial charge in [0.15, 0.2) is 0 Å². The third kappa shape index (κ3) is 2.58. The molecule has 0 aliphatic rings. The van der Waals surface area contributed by atoms with Crippen molar-refractivity contribution < 1.29 is 5.11 Å². The highest BCUT2D eigenvalue weighted by molar-refractivity contribution is 7.18. The number of aryl methyl sites for hydroxylation is 2. The number of aliphatic hydroxyl groups excluding tert-OH is 1. The summed E-state index contributed by atoms with van der Waals surface area (Å²) in [6.07, 6.45) is 2.34. The van der Waals surface area contributed by atoms with Crippen LogP contribution in [0.4, 0.5) is 0 Å². The summed E-state index contributed by atoms with van der Waals surface area (Å²) < 4.78 is 1.58. The zero-order valence-electron chi connectivity index (χ0n) is 11.8. The molecule has 4 nitrogen and oxygen atoms in total. The Morgan fingerprint density at radius 2 is 2.11 bits per heavy atom. The highest BCUT2D eigenvalue weighted by atomic mass is 32.1. The molecule has 0 aromatic carbocycles. The minimum atomic E-state index is -0.191. The molecule has 0 saturated heterocycles. The van der Waals surface area contributed by atoms with Crippen LogP contribution in [0.3, 0.4) is 0 Å². The number of rotatable bonds is 4. The molecule has 0 spiro atoms. The summed E-state index contributed by atoms with van der Waals surface area (Å²) in [5.41, 5.74) is 0.972. The Labute approximate surface area is 116 Å². The number of nitrogens with zero attached hydrogens (tertiary/aromatic N) is 2. The maximum Gasteiger partial charge on any atom is 0.262 e. The van der Waals surface area contributed by atoms with E-state index in [2.05, 4.69) is 18.8 Å². The molecule has 2 heterocycles. The van der Waals surface area contributed by atoms with E-state index in [4.69, 9.17) is 0 Å². The first-order valence-electron chi connectivity index (χ1n) is 6.53. The zero-order valence-corrected chi connectivity index (χ0v) is 12.6. The largest absolute Gasteiger partial charge is 0.394 e. The minimum absolute atomic E-state index is 0.0343. The maximum atomic E-state index is 12.6. The Morgan fingerprint density at radius 3 is 2.68 bits per heavy atom. The van der Waals surface area contributed by atoms with Gasteiger partial charge in [-0.2, -0.15) is 0 Å². The van der Waals surface area contributed by atoms with E-state index in [0.717, 1.165) is 21.7 Å². The number of hydrogen-bond acceptors (Lipinski definition) is 4. The molecule has 2 rings (SSSR count). The van der Waals surface area contributed by atoms with Crippen molar-refractivity contribution in [2.75, 3.05) is 6.61 Å². The minimum Gasteiger partial charge on any atom is -0.394 e. The second kappa shape index (κ2) is 5.43. The SMILES string of the molecule is Cc1sc2ncn(C(CO)CC(C)C)c(=O)c2c1C. The van der Waals surface area contributed by atoms with E-state index in [0.29, 0.717) is 11.3 Å². The molecule has 0 fully saturated rings. The van der Waals surface area contributed by atoms with Gasteiger partial charge in [0.1, 0.15) is 4.83 Å². The van der Waals surface area contributed by atoms with E-state index < -0.39 is 0 Å². The van der Waals surface area contributed by atoms with Gasteiger partial charge in [-0.05, 0) is 31.7 Å². The quantitative estimate of drug-likeness (QED) is 0.936. The van der Waals surface area contributed by atoms with E-state index >= 15 is 0 Å². The highest BCUT2D eigenvalue weighted by Crippen LogP contribution is 2.26. The number of hydrogen-bond donors (Lipinski definition) is 1. The molecule has 2 aromatic heterocycles. The van der Waals surface area contributed by atoms with Crippen LogP contribution in [0, 0.1) is 19.8 Å². The van der Waals surface area contributed by atoms with Gasteiger partial charge in [0.2, 0.25) is 0 Å². The van der Waals surface area contributed by atoms with Gasteiger partial charge in [0, 0.05) is 4.88 Å². The van der Waals surface area contributed by atoms with Crippen LogP contribution in [0.1, 0.15) is 36.8 Å². The van der Waals surface area contributed by atoms with Crippen molar-refractivity contribution in [3.63, 3.8) is 0 Å². The molecule has 0 bridgehead atoms. The zero-order chi connectivity index (χ0) is 14.2. The second-order valence-electron chi connectivity index (χ2n) is 5.39. The first-order chi connectivity index (χ1) is 8.95. The fraction of sp³-hybridized carbons (Fsp3) is 0.571. The molecule has 104 valence electrons. The van der Waals surface area contributed by atoms with Crippen LogP contribution in [0.2, 0.25) is 0 Å². The van der Waals surface area contributed by atoms with Gasteiger partial charge in [0.25, 0.3) is 5.56 Å². The van der Waals surface area contributed by atoms with Crippen LogP contribution in [-0.2, 0) is 0 Å². The lowest BCUT2D eigenvalue weighted by atomic mass is 10.0. The van der Waals surface area contributed by atoms with Gasteiger partial charge in [-0.25, -0.2) is 4.98 Å². The molecular weight excluding hydrogens is 260 g/mol. The first kappa shape index (κ1) is 14.2. The number of aromatic nitrogens is 2. The van der Waals surface area contributed by atoms with E-state index in [1.54, 1.807) is 22.2 Å². The lowest BCUT2D eigenvalue weighted by Crippen LogP contribution is -2.28. The summed E-state index contributed by atoms with van der Waals surface area (Å²) in [5, 5.41) is 10.2. The summed E-state index contributed by atoms with van der Waals surface area (Å²) in [7, 11) is 0. The van der Waals surface area contributed by atoms with Gasteiger partial charge in [0.05, 0.1) is 24.4 Å². The van der Waals surface area contributed by atoms with Crippen molar-refractivity contribution in [3.8, 4) is 0 Å². The third-order valence-corrected chi connectivity index (χ3v) is 4.58. The molecule has 0 aliphatic heterocycles. The van der Waals surface area contributed by atoms with Crippen molar-refractivity contribution in [2.45, 2.75) is 40.2 Å². The van der Waals surface area contributed by atoms with E-state index in [-0.39, 0.29) is 18.2 Å². The van der Waals surface area contributed by atoms with Crippen molar-refractivity contribution in [2.24, 2.45) is 5.92 Å². The van der Waals surface area contributed by atoms with Gasteiger partial charge >= 0.3 is 0 Å². The summed E-state index contributed by atoms with van der Waals surface area (Å²) >= 11 is 1.55. The molecule has 0 aliphatic carbocycles. The summed E-state index contributed by atoms with van der Waals surface area (Å²) in [6.45, 7) is 8.09. The number of thiophene rings is 1. The van der Waals surface area contributed by atoms with Gasteiger partial charge in [-0.15, -0.1) is 11.3 Å². The average molecular weight is 280 g/mol. The lowest BCUT2D eigenvalue weighted by Gasteiger charge is -2.19. The Hall–Kier alpha value is -1.20. The summed E-state index contributed by atoms with van der Waals surface area (Å²) in [5.74, 6) is 0.421. The molecular formula is C14H20N2O2S. The lowest BCUT2D eigenvalue weighted by molar-refractivity contribution is 0.205. The number of aliphatic hydroxyl groups is 1. The van der Waals surface area contributed by atoms with Crippen LogP contribution in [0.15, 0.2) is 11.1 Å².